The molecule has 2 aliphatic rings. The molecule has 0 unspecified atom stereocenters. The van der Waals surface area contributed by atoms with Crippen LogP contribution in [0.2, 0.25) is 0 Å². The molecule has 0 bridgehead atoms. The number of aliphatic hydroxyl groups excluding tert-OH is 1. The number of hydrogen-bond acceptors (Lipinski definition) is 5. The van der Waals surface area contributed by atoms with Gasteiger partial charge in [-0.15, -0.1) is 0 Å². The molecule has 0 spiro atoms. The van der Waals surface area contributed by atoms with Crippen molar-refractivity contribution < 1.29 is 14.7 Å². The van der Waals surface area contributed by atoms with E-state index >= 15 is 0 Å². The number of amides is 2. The Hall–Kier alpha value is -1.96. The summed E-state index contributed by atoms with van der Waals surface area (Å²) in [4.78, 5) is 31.6. The lowest BCUT2D eigenvalue weighted by molar-refractivity contribution is -0.145. The Balaban J connectivity index is 1.61. The lowest BCUT2D eigenvalue weighted by atomic mass is 9.86. The fourth-order valence-corrected chi connectivity index (χ4v) is 4.33. The van der Waals surface area contributed by atoms with Crippen molar-refractivity contribution in [1.82, 2.24) is 14.7 Å². The maximum atomic E-state index is 12.7. The standard InChI is InChI=1S/C21H32N4O3/c1-23-11-13-24(14-12-23)19-9-10-25(16-17(19)6-5-15-26)21(28)20(27)22-18-7-3-2-4-8-18/h2-4,7-8,17,19,26H,5-6,9-16H2,1H3,(H,22,27)/t17-,19+/m0/s1. The molecular formula is C21H32N4O3. The quantitative estimate of drug-likeness (QED) is 0.732. The van der Waals surface area contributed by atoms with Gasteiger partial charge in [0.15, 0.2) is 0 Å². The first kappa shape index (κ1) is 20.8. The molecule has 154 valence electrons. The molecule has 0 saturated carbocycles. The first-order valence-electron chi connectivity index (χ1n) is 10.3. The van der Waals surface area contributed by atoms with Gasteiger partial charge in [-0.25, -0.2) is 0 Å². The molecule has 2 N–H and O–H groups in total. The molecule has 0 aliphatic carbocycles. The van der Waals surface area contributed by atoms with E-state index in [2.05, 4.69) is 22.2 Å². The van der Waals surface area contributed by atoms with Crippen molar-refractivity contribution >= 4 is 17.5 Å². The van der Waals surface area contributed by atoms with Gasteiger partial charge in [0.25, 0.3) is 0 Å². The number of piperazine rings is 1. The summed E-state index contributed by atoms with van der Waals surface area (Å²) in [6.07, 6.45) is 2.48. The van der Waals surface area contributed by atoms with Crippen LogP contribution in [0, 0.1) is 5.92 Å². The van der Waals surface area contributed by atoms with Crippen LogP contribution in [-0.2, 0) is 9.59 Å². The van der Waals surface area contributed by atoms with E-state index in [1.165, 1.54) is 0 Å². The largest absolute Gasteiger partial charge is 0.396 e. The van der Waals surface area contributed by atoms with Crippen LogP contribution < -0.4 is 5.32 Å². The minimum Gasteiger partial charge on any atom is -0.396 e. The molecule has 2 heterocycles. The molecule has 7 nitrogen and oxygen atoms in total. The van der Waals surface area contributed by atoms with Crippen LogP contribution in [0.25, 0.3) is 0 Å². The van der Waals surface area contributed by atoms with Crippen LogP contribution in [0.15, 0.2) is 30.3 Å². The van der Waals surface area contributed by atoms with Gasteiger partial charge in [-0.05, 0) is 44.4 Å². The normalized spacial score (nSPS) is 24.1. The number of nitrogens with one attached hydrogen (secondary N) is 1. The van der Waals surface area contributed by atoms with Crippen molar-refractivity contribution in [3.8, 4) is 0 Å². The average molecular weight is 389 g/mol. The number of hydrogen-bond donors (Lipinski definition) is 2. The Morgan fingerprint density at radius 1 is 1.11 bits per heavy atom. The van der Waals surface area contributed by atoms with E-state index in [-0.39, 0.29) is 12.5 Å². The number of likely N-dealkylation sites (tertiary alicyclic amines) is 1. The van der Waals surface area contributed by atoms with E-state index in [0.717, 1.165) is 45.4 Å². The van der Waals surface area contributed by atoms with E-state index in [9.17, 15) is 14.7 Å². The third kappa shape index (κ3) is 5.31. The second kappa shape index (κ2) is 10.0. The van der Waals surface area contributed by atoms with E-state index in [4.69, 9.17) is 0 Å². The van der Waals surface area contributed by atoms with Crippen LogP contribution in [0.1, 0.15) is 19.3 Å². The number of likely N-dealkylation sites (N-methyl/N-ethyl adjacent to an activating group) is 1. The van der Waals surface area contributed by atoms with Gasteiger partial charge >= 0.3 is 11.8 Å². The molecule has 28 heavy (non-hydrogen) atoms. The van der Waals surface area contributed by atoms with Crippen LogP contribution in [-0.4, -0.2) is 90.6 Å². The lowest BCUT2D eigenvalue weighted by Crippen LogP contribution is -2.57. The maximum absolute atomic E-state index is 12.7. The van der Waals surface area contributed by atoms with Gasteiger partial charge < -0.3 is 20.2 Å². The molecule has 2 fully saturated rings. The van der Waals surface area contributed by atoms with Gasteiger partial charge in [0.05, 0.1) is 0 Å². The highest BCUT2D eigenvalue weighted by atomic mass is 16.3. The Kier molecular flexibility index (Phi) is 7.42. The zero-order chi connectivity index (χ0) is 19.9. The summed E-state index contributed by atoms with van der Waals surface area (Å²) in [5.74, 6) is -0.752. The summed E-state index contributed by atoms with van der Waals surface area (Å²) in [6, 6.07) is 9.48. The van der Waals surface area contributed by atoms with Gasteiger partial charge in [-0.3, -0.25) is 14.5 Å². The molecule has 2 aliphatic heterocycles. The molecule has 7 heteroatoms. The van der Waals surface area contributed by atoms with Gasteiger partial charge in [0, 0.05) is 57.6 Å². The molecule has 1 aromatic carbocycles. The predicted octanol–water partition coefficient (Wildman–Crippen LogP) is 0.862. The lowest BCUT2D eigenvalue weighted by Gasteiger charge is -2.46. The highest BCUT2D eigenvalue weighted by Crippen LogP contribution is 2.27. The number of anilines is 1. The molecule has 2 atom stereocenters. The second-order valence-electron chi connectivity index (χ2n) is 7.89. The van der Waals surface area contributed by atoms with Gasteiger partial charge in [-0.1, -0.05) is 18.2 Å². The molecule has 2 saturated heterocycles. The number of piperidine rings is 1. The first-order valence-corrected chi connectivity index (χ1v) is 10.3. The number of benzene rings is 1. The molecule has 0 aromatic heterocycles. The van der Waals surface area contributed by atoms with Crippen LogP contribution in [0.5, 0.6) is 0 Å². The number of carbonyl (C=O) groups is 2. The molecule has 1 aromatic rings. The zero-order valence-corrected chi connectivity index (χ0v) is 16.7. The molecule has 0 radical (unpaired) electrons. The zero-order valence-electron chi connectivity index (χ0n) is 16.7. The number of carbonyl (C=O) groups excluding carboxylic acids is 2. The third-order valence-corrected chi connectivity index (χ3v) is 5.95. The van der Waals surface area contributed by atoms with Crippen LogP contribution in [0.3, 0.4) is 0 Å². The van der Waals surface area contributed by atoms with Gasteiger partial charge in [-0.2, -0.15) is 0 Å². The fraction of sp³-hybridized carbons (Fsp3) is 0.619. The van der Waals surface area contributed by atoms with Gasteiger partial charge in [0.2, 0.25) is 0 Å². The Labute approximate surface area is 167 Å². The molecular weight excluding hydrogens is 356 g/mol. The summed E-state index contributed by atoms with van der Waals surface area (Å²) in [5, 5.41) is 12.0. The fourth-order valence-electron chi connectivity index (χ4n) is 4.33. The van der Waals surface area contributed by atoms with E-state index in [1.54, 1.807) is 17.0 Å². The number of nitrogens with zero attached hydrogens (tertiary/aromatic N) is 3. The average Bonchev–Trinajstić information content (AvgIpc) is 2.73. The van der Waals surface area contributed by atoms with E-state index in [0.29, 0.717) is 24.8 Å². The first-order chi connectivity index (χ1) is 13.6. The van der Waals surface area contributed by atoms with Crippen LogP contribution in [0.4, 0.5) is 5.69 Å². The predicted molar refractivity (Wildman–Crippen MR) is 109 cm³/mol. The number of aliphatic hydroxyl groups is 1. The summed E-state index contributed by atoms with van der Waals surface area (Å²) >= 11 is 0. The van der Waals surface area contributed by atoms with Crippen LogP contribution >= 0.6 is 0 Å². The maximum Gasteiger partial charge on any atom is 0.313 e. The monoisotopic (exact) mass is 388 g/mol. The Morgan fingerprint density at radius 2 is 1.82 bits per heavy atom. The minimum atomic E-state index is -0.579. The Morgan fingerprint density at radius 3 is 2.50 bits per heavy atom. The highest BCUT2D eigenvalue weighted by Gasteiger charge is 2.36. The van der Waals surface area contributed by atoms with Crippen molar-refractivity contribution in [1.29, 1.82) is 0 Å². The smallest absolute Gasteiger partial charge is 0.313 e. The summed E-state index contributed by atoms with van der Waals surface area (Å²) < 4.78 is 0. The summed E-state index contributed by atoms with van der Waals surface area (Å²) in [6.45, 7) is 5.55. The van der Waals surface area contributed by atoms with Gasteiger partial charge in [0.1, 0.15) is 0 Å². The van der Waals surface area contributed by atoms with E-state index < -0.39 is 11.8 Å². The SMILES string of the molecule is CN1CCN([C@@H]2CCN(C(=O)C(=O)Nc3ccccc3)C[C@@H]2CCCO)CC1. The van der Waals surface area contributed by atoms with Crippen molar-refractivity contribution in [3.63, 3.8) is 0 Å². The topological polar surface area (TPSA) is 76.1 Å². The van der Waals surface area contributed by atoms with Crippen molar-refractivity contribution in [2.24, 2.45) is 5.92 Å². The second-order valence-corrected chi connectivity index (χ2v) is 7.89. The minimum absolute atomic E-state index is 0.161. The highest BCUT2D eigenvalue weighted by molar-refractivity contribution is 6.39. The third-order valence-electron chi connectivity index (χ3n) is 5.95. The van der Waals surface area contributed by atoms with Crippen molar-refractivity contribution in [2.75, 3.05) is 58.2 Å². The van der Waals surface area contributed by atoms with Crippen molar-refractivity contribution in [2.45, 2.75) is 25.3 Å². The van der Waals surface area contributed by atoms with E-state index in [1.807, 2.05) is 18.2 Å². The molecule has 2 amide bonds. The molecule has 3 rings (SSSR count). The summed E-state index contributed by atoms with van der Waals surface area (Å²) in [7, 11) is 2.15. The number of para-hydroxylation sites is 1. The summed E-state index contributed by atoms with van der Waals surface area (Å²) in [5.41, 5.74) is 0.630. The number of rotatable bonds is 5. The van der Waals surface area contributed by atoms with Crippen molar-refractivity contribution in [3.05, 3.63) is 30.3 Å². The Bertz CT molecular complexity index is 646.